The lowest BCUT2D eigenvalue weighted by atomic mass is 9.82. The first kappa shape index (κ1) is 37.0. The summed E-state index contributed by atoms with van der Waals surface area (Å²) in [6.07, 6.45) is 0.746. The summed E-state index contributed by atoms with van der Waals surface area (Å²) in [5.41, 5.74) is 5.89. The van der Waals surface area contributed by atoms with Gasteiger partial charge in [-0.15, -0.1) is 0 Å². The van der Waals surface area contributed by atoms with Crippen LogP contribution in [0.15, 0.2) is 164 Å². The highest BCUT2D eigenvalue weighted by molar-refractivity contribution is 7.47. The SMILES string of the molecule is CP(O)Oc1ccccc1.Cc1cccc2c1C(=O)c1c(cccc1OP(C)Oc1ccccc1)C2.Cc1ccccc1.c1ccccc1. The molecule has 250 valence electrons. The van der Waals surface area contributed by atoms with Crippen LogP contribution in [0.5, 0.6) is 17.2 Å². The Labute approximate surface area is 293 Å². The molecule has 6 aromatic rings. The summed E-state index contributed by atoms with van der Waals surface area (Å²) < 4.78 is 17.0. The molecule has 0 saturated heterocycles. The molecule has 0 bridgehead atoms. The van der Waals surface area contributed by atoms with E-state index in [1.165, 1.54) is 5.56 Å². The average molecular weight is 689 g/mol. The van der Waals surface area contributed by atoms with Gasteiger partial charge in [0.05, 0.1) is 5.56 Å². The van der Waals surface area contributed by atoms with Crippen molar-refractivity contribution >= 4 is 22.5 Å². The number of para-hydroxylation sites is 2. The lowest BCUT2D eigenvalue weighted by Gasteiger charge is -2.23. The largest absolute Gasteiger partial charge is 0.448 e. The maximum atomic E-state index is 13.2. The molecule has 1 aliphatic carbocycles. The molecule has 0 heterocycles. The fraction of sp³-hybridized carbons (Fsp3) is 0.119. The Kier molecular flexibility index (Phi) is 15.0. The molecule has 2 atom stereocenters. The fourth-order valence-corrected chi connectivity index (χ4v) is 6.24. The molecular formula is C42H42O5P2. The second-order valence-corrected chi connectivity index (χ2v) is 13.4. The fourth-order valence-electron chi connectivity index (χ4n) is 4.93. The van der Waals surface area contributed by atoms with Gasteiger partial charge in [-0.05, 0) is 67.3 Å². The van der Waals surface area contributed by atoms with Crippen LogP contribution in [0.25, 0.3) is 0 Å². The summed E-state index contributed by atoms with van der Waals surface area (Å²) in [5.74, 6) is 2.13. The van der Waals surface area contributed by atoms with Crippen molar-refractivity contribution in [1.29, 1.82) is 0 Å². The lowest BCUT2D eigenvalue weighted by Crippen LogP contribution is -2.17. The number of aryl methyl sites for hydroxylation is 2. The number of carbonyl (C=O) groups is 1. The zero-order chi connectivity index (χ0) is 34.8. The van der Waals surface area contributed by atoms with Gasteiger partial charge in [0.1, 0.15) is 17.2 Å². The number of ketones is 1. The molecule has 6 aromatic carbocycles. The van der Waals surface area contributed by atoms with E-state index in [1.807, 2.05) is 165 Å². The molecule has 1 N–H and O–H groups in total. The molecule has 0 spiro atoms. The van der Waals surface area contributed by atoms with Gasteiger partial charge < -0.3 is 18.5 Å². The van der Waals surface area contributed by atoms with Gasteiger partial charge in [0.15, 0.2) is 5.78 Å². The van der Waals surface area contributed by atoms with Crippen molar-refractivity contribution in [2.75, 3.05) is 13.3 Å². The van der Waals surface area contributed by atoms with Crippen molar-refractivity contribution in [3.63, 3.8) is 0 Å². The van der Waals surface area contributed by atoms with E-state index in [2.05, 4.69) is 19.1 Å². The molecule has 49 heavy (non-hydrogen) atoms. The molecule has 7 rings (SSSR count). The van der Waals surface area contributed by atoms with Gasteiger partial charge in [0.2, 0.25) is 8.38 Å². The van der Waals surface area contributed by atoms with E-state index in [9.17, 15) is 4.79 Å². The van der Waals surface area contributed by atoms with Gasteiger partial charge in [-0.1, -0.05) is 139 Å². The quantitative estimate of drug-likeness (QED) is 0.176. The number of benzene rings is 6. The van der Waals surface area contributed by atoms with Gasteiger partial charge in [0, 0.05) is 18.9 Å². The second-order valence-electron chi connectivity index (χ2n) is 11.0. The third-order valence-electron chi connectivity index (χ3n) is 7.10. The highest BCUT2D eigenvalue weighted by Crippen LogP contribution is 2.41. The predicted octanol–water partition coefficient (Wildman–Crippen LogP) is 11.2. The summed E-state index contributed by atoms with van der Waals surface area (Å²) in [5, 5.41) is 0. The molecule has 0 saturated carbocycles. The smallest absolute Gasteiger partial charge is 0.286 e. The van der Waals surface area contributed by atoms with Gasteiger partial charge >= 0.3 is 0 Å². The summed E-state index contributed by atoms with van der Waals surface area (Å²) in [7, 11) is -2.47. The molecule has 0 amide bonds. The van der Waals surface area contributed by atoms with E-state index in [0.717, 1.165) is 40.2 Å². The number of carbonyl (C=O) groups excluding carboxylic acids is 1. The first-order chi connectivity index (χ1) is 23.8. The van der Waals surface area contributed by atoms with Gasteiger partial charge in [0.25, 0.3) is 8.38 Å². The standard InChI is InChI=1S/C22H19O3P.C7H9O2P.C7H8.C6H6/c1-15-8-6-9-16-14-17-10-7-13-19(21(17)22(23)20(15)16)25-26(2)24-18-11-4-3-5-12-18;1-10(8)9-7-5-3-2-4-6-7;1-7-5-3-2-4-6-7;1-2-4-6-5-3-1/h3-13H,14H2,1-2H3;2-6,8H,1H3;2-6H,1H3;1-6H. The average Bonchev–Trinajstić information content (AvgIpc) is 3.11. The minimum absolute atomic E-state index is 0.0399. The first-order valence-corrected chi connectivity index (χ1v) is 19.2. The number of hydrogen-bond donors (Lipinski definition) is 1. The van der Waals surface area contributed by atoms with Crippen molar-refractivity contribution in [1.82, 2.24) is 0 Å². The normalized spacial score (nSPS) is 12.0. The summed E-state index contributed by atoms with van der Waals surface area (Å²) in [6.45, 7) is 7.60. The van der Waals surface area contributed by atoms with Gasteiger partial charge in [-0.3, -0.25) is 4.79 Å². The Morgan fingerprint density at radius 3 is 1.45 bits per heavy atom. The van der Waals surface area contributed by atoms with Crippen LogP contribution < -0.4 is 13.6 Å². The molecule has 0 aliphatic heterocycles. The van der Waals surface area contributed by atoms with Crippen LogP contribution in [0.1, 0.15) is 38.2 Å². The van der Waals surface area contributed by atoms with E-state index in [-0.39, 0.29) is 5.78 Å². The van der Waals surface area contributed by atoms with E-state index in [0.29, 0.717) is 11.3 Å². The Morgan fingerprint density at radius 1 is 0.510 bits per heavy atom. The number of hydrogen-bond acceptors (Lipinski definition) is 5. The minimum atomic E-state index is -1.28. The lowest BCUT2D eigenvalue weighted by molar-refractivity contribution is 0.103. The van der Waals surface area contributed by atoms with Crippen molar-refractivity contribution in [3.05, 3.63) is 197 Å². The van der Waals surface area contributed by atoms with Crippen LogP contribution >= 0.6 is 16.8 Å². The zero-order valence-corrected chi connectivity index (χ0v) is 30.1. The van der Waals surface area contributed by atoms with Crippen LogP contribution in [0, 0.1) is 13.8 Å². The predicted molar refractivity (Wildman–Crippen MR) is 204 cm³/mol. The van der Waals surface area contributed by atoms with Crippen LogP contribution in [-0.2, 0) is 6.42 Å². The van der Waals surface area contributed by atoms with E-state index in [1.54, 1.807) is 6.66 Å². The third-order valence-corrected chi connectivity index (χ3v) is 8.50. The van der Waals surface area contributed by atoms with Crippen molar-refractivity contribution in [2.24, 2.45) is 0 Å². The molecular weight excluding hydrogens is 646 g/mol. The third kappa shape index (κ3) is 12.3. The molecule has 1 aliphatic rings. The minimum Gasteiger partial charge on any atom is -0.448 e. The van der Waals surface area contributed by atoms with E-state index < -0.39 is 16.8 Å². The Bertz CT molecular complexity index is 1810. The Morgan fingerprint density at radius 2 is 0.959 bits per heavy atom. The molecule has 0 radical (unpaired) electrons. The van der Waals surface area contributed by atoms with Crippen LogP contribution in [0.2, 0.25) is 0 Å². The zero-order valence-electron chi connectivity index (χ0n) is 28.3. The maximum Gasteiger partial charge on any atom is 0.286 e. The molecule has 0 fully saturated rings. The van der Waals surface area contributed by atoms with Gasteiger partial charge in [-0.25, -0.2) is 0 Å². The Hall–Kier alpha value is -4.79. The monoisotopic (exact) mass is 688 g/mol. The molecule has 7 heteroatoms. The van der Waals surface area contributed by atoms with E-state index in [4.69, 9.17) is 18.5 Å². The molecule has 2 unspecified atom stereocenters. The molecule has 5 nitrogen and oxygen atoms in total. The topological polar surface area (TPSA) is 65.0 Å². The summed E-state index contributed by atoms with van der Waals surface area (Å²) in [6, 6.07) is 52.9. The summed E-state index contributed by atoms with van der Waals surface area (Å²) in [4.78, 5) is 22.0. The van der Waals surface area contributed by atoms with E-state index >= 15 is 0 Å². The maximum absolute atomic E-state index is 13.2. The highest BCUT2D eigenvalue weighted by Gasteiger charge is 2.28. The highest BCUT2D eigenvalue weighted by atomic mass is 31.2. The van der Waals surface area contributed by atoms with Crippen LogP contribution in [0.4, 0.5) is 0 Å². The first-order valence-electron chi connectivity index (χ1n) is 15.9. The van der Waals surface area contributed by atoms with Gasteiger partial charge in [-0.2, -0.15) is 0 Å². The summed E-state index contributed by atoms with van der Waals surface area (Å²) >= 11 is 0. The number of fused-ring (bicyclic) bond motifs is 2. The van der Waals surface area contributed by atoms with Crippen molar-refractivity contribution in [2.45, 2.75) is 20.3 Å². The van der Waals surface area contributed by atoms with Crippen LogP contribution in [0.3, 0.4) is 0 Å². The van der Waals surface area contributed by atoms with Crippen molar-refractivity contribution < 1.29 is 23.3 Å². The number of rotatable bonds is 6. The second kappa shape index (κ2) is 19.9. The molecule has 0 aromatic heterocycles. The van der Waals surface area contributed by atoms with Crippen molar-refractivity contribution in [3.8, 4) is 17.2 Å². The van der Waals surface area contributed by atoms with Crippen LogP contribution in [-0.4, -0.2) is 24.0 Å². The Balaban J connectivity index is 0.000000190.